The van der Waals surface area contributed by atoms with E-state index in [9.17, 15) is 14.4 Å². The first-order valence-corrected chi connectivity index (χ1v) is 11.7. The van der Waals surface area contributed by atoms with Crippen molar-refractivity contribution in [2.24, 2.45) is 5.92 Å². The molecule has 2 heterocycles. The van der Waals surface area contributed by atoms with Gasteiger partial charge in [0.05, 0.1) is 18.2 Å². The van der Waals surface area contributed by atoms with Crippen molar-refractivity contribution >= 4 is 23.4 Å². The third-order valence-corrected chi connectivity index (χ3v) is 6.68. The monoisotopic (exact) mass is 427 g/mol. The number of fused-ring (bicyclic) bond motifs is 1. The Kier molecular flexibility index (Phi) is 7.10. The number of benzene rings is 1. The van der Waals surface area contributed by atoms with Crippen molar-refractivity contribution in [2.45, 2.75) is 63.8 Å². The summed E-state index contributed by atoms with van der Waals surface area (Å²) >= 11 is 0. The minimum Gasteiger partial charge on any atom is -0.490 e. The summed E-state index contributed by atoms with van der Waals surface area (Å²) in [6.45, 7) is 2.09. The number of likely N-dealkylation sites (tertiary alicyclic amines) is 1. The van der Waals surface area contributed by atoms with Gasteiger partial charge in [-0.2, -0.15) is 0 Å². The molecule has 0 aromatic heterocycles. The zero-order valence-electron chi connectivity index (χ0n) is 18.2. The quantitative estimate of drug-likeness (QED) is 0.784. The highest BCUT2D eigenvalue weighted by Gasteiger charge is 2.30. The molecule has 1 unspecified atom stereocenters. The van der Waals surface area contributed by atoms with Crippen LogP contribution in [0.15, 0.2) is 24.3 Å². The summed E-state index contributed by atoms with van der Waals surface area (Å²) in [4.78, 5) is 41.8. The van der Waals surface area contributed by atoms with Gasteiger partial charge >= 0.3 is 0 Å². The van der Waals surface area contributed by atoms with Gasteiger partial charge in [-0.1, -0.05) is 31.4 Å². The number of hydrogen-bond acceptors (Lipinski definition) is 4. The van der Waals surface area contributed by atoms with Crippen molar-refractivity contribution in [1.82, 2.24) is 10.2 Å². The van der Waals surface area contributed by atoms with E-state index < -0.39 is 0 Å². The van der Waals surface area contributed by atoms with Crippen LogP contribution in [-0.2, 0) is 14.4 Å². The number of nitrogens with one attached hydrogen (secondary N) is 1. The van der Waals surface area contributed by atoms with Gasteiger partial charge in [0.2, 0.25) is 17.7 Å². The molecule has 3 aliphatic rings. The number of piperidine rings is 1. The largest absolute Gasteiger partial charge is 0.490 e. The molecule has 1 saturated heterocycles. The summed E-state index contributed by atoms with van der Waals surface area (Å²) in [6, 6.07) is 7.78. The Morgan fingerprint density at radius 2 is 1.71 bits per heavy atom. The normalized spacial score (nSPS) is 21.7. The maximum Gasteiger partial charge on any atom is 0.227 e. The van der Waals surface area contributed by atoms with Gasteiger partial charge in [0.1, 0.15) is 12.4 Å². The first-order valence-electron chi connectivity index (χ1n) is 11.7. The van der Waals surface area contributed by atoms with E-state index in [-0.39, 0.29) is 36.5 Å². The Labute approximate surface area is 184 Å². The van der Waals surface area contributed by atoms with Crippen LogP contribution in [-0.4, -0.2) is 54.9 Å². The van der Waals surface area contributed by atoms with Crippen LogP contribution in [0.1, 0.15) is 57.8 Å². The molecule has 2 fully saturated rings. The third-order valence-electron chi connectivity index (χ3n) is 6.68. The molecule has 0 radical (unpaired) electrons. The maximum absolute atomic E-state index is 12.8. The third kappa shape index (κ3) is 5.38. The number of ether oxygens (including phenoxy) is 1. The molecule has 0 bridgehead atoms. The van der Waals surface area contributed by atoms with Crippen LogP contribution in [0.3, 0.4) is 0 Å². The van der Waals surface area contributed by atoms with E-state index in [1.807, 2.05) is 24.3 Å². The first-order chi connectivity index (χ1) is 15.1. The molecule has 168 valence electrons. The lowest BCUT2D eigenvalue weighted by molar-refractivity contribution is -0.137. The second-order valence-corrected chi connectivity index (χ2v) is 8.88. The van der Waals surface area contributed by atoms with Crippen LogP contribution in [0.4, 0.5) is 5.69 Å². The molecule has 3 amide bonds. The van der Waals surface area contributed by atoms with Crippen molar-refractivity contribution in [2.75, 3.05) is 31.1 Å². The number of para-hydroxylation sites is 2. The van der Waals surface area contributed by atoms with E-state index in [0.717, 1.165) is 31.4 Å². The minimum absolute atomic E-state index is 0.0370. The van der Waals surface area contributed by atoms with Crippen LogP contribution in [0, 0.1) is 5.92 Å². The summed E-state index contributed by atoms with van der Waals surface area (Å²) in [5.74, 6) is 0.556. The zero-order chi connectivity index (χ0) is 21.6. The summed E-state index contributed by atoms with van der Waals surface area (Å²) in [5, 5.41) is 3.20. The van der Waals surface area contributed by atoms with Crippen LogP contribution in [0.5, 0.6) is 5.75 Å². The van der Waals surface area contributed by atoms with Crippen molar-refractivity contribution in [3.05, 3.63) is 24.3 Å². The Morgan fingerprint density at radius 1 is 0.935 bits per heavy atom. The molecule has 1 saturated carbocycles. The maximum atomic E-state index is 12.8. The highest BCUT2D eigenvalue weighted by molar-refractivity contribution is 5.97. The minimum atomic E-state index is -0.138. The summed E-state index contributed by atoms with van der Waals surface area (Å²) in [6.07, 6.45) is 7.75. The SMILES string of the molecule is O=C(NC1CCCCC1)C1CCCN(C(=O)CCC(=O)N2CCOc3ccccc32)C1. The van der Waals surface area contributed by atoms with E-state index in [1.165, 1.54) is 19.3 Å². The van der Waals surface area contributed by atoms with Crippen LogP contribution in [0.2, 0.25) is 0 Å². The predicted molar refractivity (Wildman–Crippen MR) is 118 cm³/mol. The van der Waals surface area contributed by atoms with E-state index in [2.05, 4.69) is 5.32 Å². The molecule has 4 rings (SSSR count). The second-order valence-electron chi connectivity index (χ2n) is 8.88. The molecule has 1 aromatic rings. The summed E-state index contributed by atoms with van der Waals surface area (Å²) < 4.78 is 5.61. The lowest BCUT2D eigenvalue weighted by Crippen LogP contribution is -2.48. The van der Waals surface area contributed by atoms with E-state index in [0.29, 0.717) is 38.0 Å². The fourth-order valence-electron chi connectivity index (χ4n) is 4.92. The molecule has 1 aliphatic carbocycles. The van der Waals surface area contributed by atoms with Crippen LogP contribution >= 0.6 is 0 Å². The van der Waals surface area contributed by atoms with Crippen LogP contribution in [0.25, 0.3) is 0 Å². The zero-order valence-corrected chi connectivity index (χ0v) is 18.2. The highest BCUT2D eigenvalue weighted by Crippen LogP contribution is 2.31. The first kappa shape index (κ1) is 21.7. The van der Waals surface area contributed by atoms with Gasteiger partial charge in [0.15, 0.2) is 0 Å². The highest BCUT2D eigenvalue weighted by atomic mass is 16.5. The molecular formula is C24H33N3O4. The smallest absolute Gasteiger partial charge is 0.227 e. The van der Waals surface area contributed by atoms with Crippen molar-refractivity contribution in [3.63, 3.8) is 0 Å². The van der Waals surface area contributed by atoms with Crippen molar-refractivity contribution < 1.29 is 19.1 Å². The Hall–Kier alpha value is -2.57. The van der Waals surface area contributed by atoms with Gasteiger partial charge in [0.25, 0.3) is 0 Å². The topological polar surface area (TPSA) is 79.0 Å². The lowest BCUT2D eigenvalue weighted by Gasteiger charge is -2.34. The van der Waals surface area contributed by atoms with E-state index in [4.69, 9.17) is 4.74 Å². The number of rotatable bonds is 5. The van der Waals surface area contributed by atoms with E-state index in [1.54, 1.807) is 9.80 Å². The molecule has 1 atom stereocenters. The fourth-order valence-corrected chi connectivity index (χ4v) is 4.92. The van der Waals surface area contributed by atoms with E-state index >= 15 is 0 Å². The van der Waals surface area contributed by atoms with Gasteiger partial charge in [-0.05, 0) is 37.8 Å². The number of carbonyl (C=O) groups excluding carboxylic acids is 3. The molecular weight excluding hydrogens is 394 g/mol. The summed E-state index contributed by atoms with van der Waals surface area (Å²) in [5.41, 5.74) is 0.767. The van der Waals surface area contributed by atoms with Gasteiger partial charge in [-0.25, -0.2) is 0 Å². The number of carbonyl (C=O) groups is 3. The Morgan fingerprint density at radius 3 is 2.55 bits per heavy atom. The average molecular weight is 428 g/mol. The number of anilines is 1. The number of nitrogens with zero attached hydrogens (tertiary/aromatic N) is 2. The predicted octanol–water partition coefficient (Wildman–Crippen LogP) is 2.88. The van der Waals surface area contributed by atoms with Gasteiger partial charge in [-0.3, -0.25) is 14.4 Å². The Bertz CT molecular complexity index is 806. The molecule has 7 nitrogen and oxygen atoms in total. The molecule has 31 heavy (non-hydrogen) atoms. The standard InChI is InChI=1S/C24H33N3O4/c28-22(12-13-23(29)27-15-16-31-21-11-5-4-10-20(21)27)26-14-6-7-18(17-26)24(30)25-19-8-2-1-3-9-19/h4-5,10-11,18-19H,1-3,6-9,12-17H2,(H,25,30). The second kappa shape index (κ2) is 10.2. The molecule has 2 aliphatic heterocycles. The summed E-state index contributed by atoms with van der Waals surface area (Å²) in [7, 11) is 0. The van der Waals surface area contributed by atoms with Crippen molar-refractivity contribution in [3.8, 4) is 5.75 Å². The molecule has 7 heteroatoms. The van der Waals surface area contributed by atoms with Gasteiger partial charge in [0, 0.05) is 32.0 Å². The van der Waals surface area contributed by atoms with Gasteiger partial charge < -0.3 is 19.9 Å². The molecule has 0 spiro atoms. The van der Waals surface area contributed by atoms with Crippen LogP contribution < -0.4 is 15.0 Å². The fraction of sp³-hybridized carbons (Fsp3) is 0.625. The molecule has 1 aromatic carbocycles. The molecule has 1 N–H and O–H groups in total. The number of hydrogen-bond donors (Lipinski definition) is 1. The van der Waals surface area contributed by atoms with Crippen molar-refractivity contribution in [1.29, 1.82) is 0 Å². The van der Waals surface area contributed by atoms with Gasteiger partial charge in [-0.15, -0.1) is 0 Å². The Balaban J connectivity index is 1.26. The average Bonchev–Trinajstić information content (AvgIpc) is 2.82. The number of amides is 3. The lowest BCUT2D eigenvalue weighted by atomic mass is 9.93.